The van der Waals surface area contributed by atoms with Crippen LogP contribution in [0.2, 0.25) is 0 Å². The molecule has 0 bridgehead atoms. The molecule has 2 aliphatic rings. The Morgan fingerprint density at radius 1 is 1.25 bits per heavy atom. The zero-order valence-corrected chi connectivity index (χ0v) is 19.9. The number of amides is 2. The topological polar surface area (TPSA) is 114 Å². The number of carbonyl (C=O) groups is 2. The Labute approximate surface area is 204 Å². The van der Waals surface area contributed by atoms with Gasteiger partial charge in [-0.2, -0.15) is 8.78 Å². The van der Waals surface area contributed by atoms with Crippen molar-refractivity contribution in [1.29, 1.82) is 0 Å². The second kappa shape index (κ2) is 9.36. The molecule has 1 aromatic carbocycles. The Bertz CT molecular complexity index is 1180. The molecule has 1 saturated heterocycles. The summed E-state index contributed by atoms with van der Waals surface area (Å²) in [6.45, 7) is 2.13. The van der Waals surface area contributed by atoms with Crippen molar-refractivity contribution in [3.05, 3.63) is 52.6 Å². The molecular formula is C23H27F4N5O4. The summed E-state index contributed by atoms with van der Waals surface area (Å²) < 4.78 is 62.5. The molecule has 0 aliphatic carbocycles. The van der Waals surface area contributed by atoms with E-state index in [-0.39, 0.29) is 43.1 Å². The van der Waals surface area contributed by atoms with Crippen LogP contribution in [0.25, 0.3) is 0 Å². The minimum Gasteiger partial charge on any atom is -0.465 e. The fourth-order valence-electron chi connectivity index (χ4n) is 5.14. The first-order chi connectivity index (χ1) is 16.8. The summed E-state index contributed by atoms with van der Waals surface area (Å²) >= 11 is 0. The Morgan fingerprint density at radius 2 is 1.94 bits per heavy atom. The third-order valence-corrected chi connectivity index (χ3v) is 6.59. The van der Waals surface area contributed by atoms with Gasteiger partial charge in [0.2, 0.25) is 5.82 Å². The Balaban J connectivity index is 1.66. The number of benzene rings is 1. The van der Waals surface area contributed by atoms with Crippen molar-refractivity contribution in [1.82, 2.24) is 19.4 Å². The monoisotopic (exact) mass is 513 g/mol. The van der Waals surface area contributed by atoms with Crippen LogP contribution in [0.1, 0.15) is 67.4 Å². The lowest BCUT2D eigenvalue weighted by atomic mass is 9.88. The first kappa shape index (κ1) is 25.9. The van der Waals surface area contributed by atoms with Gasteiger partial charge in [0, 0.05) is 30.2 Å². The summed E-state index contributed by atoms with van der Waals surface area (Å²) in [5.41, 5.74) is 4.59. The Morgan fingerprint density at radius 3 is 2.53 bits per heavy atom. The van der Waals surface area contributed by atoms with Gasteiger partial charge in [-0.15, -0.1) is 0 Å². The molecule has 13 heteroatoms. The molecule has 2 aromatic rings. The Kier molecular flexibility index (Phi) is 6.73. The summed E-state index contributed by atoms with van der Waals surface area (Å²) in [6.07, 6.45) is -2.20. The summed E-state index contributed by atoms with van der Waals surface area (Å²) in [4.78, 5) is 30.8. The summed E-state index contributed by atoms with van der Waals surface area (Å²) in [6, 6.07) is 1.54. The third-order valence-electron chi connectivity index (χ3n) is 6.59. The molecule has 2 amide bonds. The van der Waals surface area contributed by atoms with Crippen LogP contribution in [0, 0.1) is 11.6 Å². The van der Waals surface area contributed by atoms with Gasteiger partial charge in [-0.25, -0.2) is 18.6 Å². The molecule has 0 saturated carbocycles. The maximum absolute atomic E-state index is 14.7. The smallest absolute Gasteiger partial charge is 0.408 e. The van der Waals surface area contributed by atoms with Crippen molar-refractivity contribution in [2.24, 2.45) is 5.73 Å². The molecule has 3 heterocycles. The van der Waals surface area contributed by atoms with Crippen LogP contribution in [0.5, 0.6) is 0 Å². The predicted octanol–water partition coefficient (Wildman–Crippen LogP) is 3.65. The van der Waals surface area contributed by atoms with Crippen molar-refractivity contribution < 1.29 is 37.0 Å². The zero-order valence-electron chi connectivity index (χ0n) is 19.9. The number of fused-ring (bicyclic) bond motifs is 1. The number of aromatic nitrogens is 2. The second-order valence-corrected chi connectivity index (χ2v) is 9.95. The minimum absolute atomic E-state index is 0.00226. The molecule has 9 nitrogen and oxygen atoms in total. The van der Waals surface area contributed by atoms with Gasteiger partial charge in [-0.05, 0) is 45.4 Å². The number of rotatable bonds is 5. The van der Waals surface area contributed by atoms with E-state index in [9.17, 15) is 32.3 Å². The van der Waals surface area contributed by atoms with Crippen LogP contribution in [-0.2, 0) is 17.8 Å². The molecule has 2 aliphatic heterocycles. The number of halogens is 4. The molecule has 1 fully saturated rings. The van der Waals surface area contributed by atoms with Crippen LogP contribution in [-0.4, -0.2) is 60.7 Å². The normalized spacial score (nSPS) is 22.6. The number of ether oxygens (including phenoxy) is 1. The number of imidazole rings is 1. The summed E-state index contributed by atoms with van der Waals surface area (Å²) in [5.74, 6) is -3.02. The highest BCUT2D eigenvalue weighted by atomic mass is 19.3. The number of hydrogen-bond acceptors (Lipinski definition) is 5. The van der Waals surface area contributed by atoms with E-state index in [0.717, 1.165) is 23.1 Å². The van der Waals surface area contributed by atoms with Crippen molar-refractivity contribution in [2.75, 3.05) is 6.61 Å². The number of nitrogens with zero attached hydrogens (tertiary/aromatic N) is 4. The van der Waals surface area contributed by atoms with Crippen molar-refractivity contribution in [3.63, 3.8) is 0 Å². The average Bonchev–Trinajstić information content (AvgIpc) is 3.32. The van der Waals surface area contributed by atoms with Crippen molar-refractivity contribution in [2.45, 2.75) is 70.6 Å². The highest BCUT2D eigenvalue weighted by molar-refractivity contribution is 5.89. The number of hydrogen-bond donors (Lipinski definition) is 2. The summed E-state index contributed by atoms with van der Waals surface area (Å²) in [5, 5.41) is 10.0. The van der Waals surface area contributed by atoms with E-state index in [0.29, 0.717) is 4.57 Å². The van der Waals surface area contributed by atoms with Gasteiger partial charge in [0.25, 0.3) is 5.91 Å². The van der Waals surface area contributed by atoms with Gasteiger partial charge < -0.3 is 15.6 Å². The van der Waals surface area contributed by atoms with Gasteiger partial charge in [-0.1, -0.05) is 0 Å². The molecule has 0 radical (unpaired) electrons. The van der Waals surface area contributed by atoms with Crippen LogP contribution < -0.4 is 5.73 Å². The van der Waals surface area contributed by atoms with Crippen LogP contribution in [0.3, 0.4) is 0 Å². The minimum atomic E-state index is -3.03. The molecule has 4 rings (SSSR count). The molecule has 196 valence electrons. The maximum atomic E-state index is 14.7. The quantitative estimate of drug-likeness (QED) is 0.590. The number of nitrogens with two attached hydrogens (primary N) is 1. The lowest BCUT2D eigenvalue weighted by Crippen LogP contribution is -2.58. The Hall–Kier alpha value is -3.19. The molecule has 3 atom stereocenters. The number of carboxylic acid groups (broad SMARTS) is 1. The van der Waals surface area contributed by atoms with Crippen LogP contribution in [0.15, 0.2) is 18.2 Å². The third kappa shape index (κ3) is 4.64. The fourth-order valence-corrected chi connectivity index (χ4v) is 5.14. The second-order valence-electron chi connectivity index (χ2n) is 9.95. The van der Waals surface area contributed by atoms with Crippen molar-refractivity contribution in [3.8, 4) is 0 Å². The van der Waals surface area contributed by atoms with E-state index in [1.807, 2.05) is 0 Å². The molecule has 0 spiro atoms. The summed E-state index contributed by atoms with van der Waals surface area (Å²) in [7, 11) is 0. The number of alkyl halides is 2. The molecule has 36 heavy (non-hydrogen) atoms. The maximum Gasteiger partial charge on any atom is 0.408 e. The van der Waals surface area contributed by atoms with Gasteiger partial charge in [0.1, 0.15) is 17.7 Å². The molecule has 1 aromatic heterocycles. The highest BCUT2D eigenvalue weighted by Crippen LogP contribution is 2.40. The highest BCUT2D eigenvalue weighted by Gasteiger charge is 2.46. The van der Waals surface area contributed by atoms with Gasteiger partial charge in [-0.3, -0.25) is 19.2 Å². The SMILES string of the molecule is CC(C)(C)N(C(=O)O)[C@H]1C[C@@H](N2Cc3nc(C(N)=O)n(C(F)F)c3C2)CO[C@@H]1c1cc(F)ccc1F. The zero-order chi connectivity index (χ0) is 26.5. The van der Waals surface area contributed by atoms with Gasteiger partial charge >= 0.3 is 12.6 Å². The van der Waals surface area contributed by atoms with Gasteiger partial charge in [0.15, 0.2) is 0 Å². The largest absolute Gasteiger partial charge is 0.465 e. The van der Waals surface area contributed by atoms with Crippen LogP contribution in [0.4, 0.5) is 22.4 Å². The predicted molar refractivity (Wildman–Crippen MR) is 118 cm³/mol. The van der Waals surface area contributed by atoms with E-state index in [1.165, 1.54) is 0 Å². The molecule has 3 N–H and O–H groups in total. The van der Waals surface area contributed by atoms with E-state index in [2.05, 4.69) is 4.98 Å². The van der Waals surface area contributed by atoms with E-state index >= 15 is 0 Å². The lowest BCUT2D eigenvalue weighted by Gasteiger charge is -2.48. The van der Waals surface area contributed by atoms with Crippen LogP contribution >= 0.6 is 0 Å². The average molecular weight is 513 g/mol. The van der Waals surface area contributed by atoms with Crippen molar-refractivity contribution >= 4 is 12.0 Å². The molecule has 0 unspecified atom stereocenters. The lowest BCUT2D eigenvalue weighted by molar-refractivity contribution is -0.103. The standard InChI is InChI=1S/C23H27F4N5O4/c1-23(2,3)32(22(34)35)16-7-12(10-36-18(16)13-6-11(24)4-5-14(13)25)30-8-15-17(9-30)31(21(26)27)20(29-15)19(28)33/h4-6,12,16,18,21H,7-10H2,1-3H3,(H2,28,33)(H,34,35)/t12-,16+,18-/m1/s1. The van der Waals surface area contributed by atoms with E-state index in [1.54, 1.807) is 25.7 Å². The fraction of sp³-hybridized carbons (Fsp3) is 0.522. The van der Waals surface area contributed by atoms with E-state index < -0.39 is 59.7 Å². The first-order valence-electron chi connectivity index (χ1n) is 11.3. The number of primary amides is 1. The number of carbonyl (C=O) groups excluding carboxylic acids is 1. The molecular weight excluding hydrogens is 486 g/mol. The first-order valence-corrected chi connectivity index (χ1v) is 11.3. The van der Waals surface area contributed by atoms with E-state index in [4.69, 9.17) is 10.5 Å². The van der Waals surface area contributed by atoms with Gasteiger partial charge in [0.05, 0.1) is 24.0 Å².